The summed E-state index contributed by atoms with van der Waals surface area (Å²) in [5, 5.41) is 13.4. The van der Waals surface area contributed by atoms with Gasteiger partial charge in [0.05, 0.1) is 6.10 Å². The minimum absolute atomic E-state index is 0.476. The molecule has 3 aromatic carbocycles. The van der Waals surface area contributed by atoms with Crippen molar-refractivity contribution in [1.82, 2.24) is 0 Å². The largest absolute Gasteiger partial charge is 0.389 e. The number of aliphatic hydroxyl groups is 1. The third-order valence-corrected chi connectivity index (χ3v) is 4.23. The molecule has 0 saturated carbocycles. The molecule has 2 N–H and O–H groups in total. The summed E-state index contributed by atoms with van der Waals surface area (Å²) in [5.74, 6) is 0. The van der Waals surface area contributed by atoms with Gasteiger partial charge in [0.25, 0.3) is 0 Å². The molecule has 25 heavy (non-hydrogen) atoms. The average Bonchev–Trinajstić information content (AvgIpc) is 2.64. The Morgan fingerprint density at radius 3 is 2.12 bits per heavy atom. The van der Waals surface area contributed by atoms with Crippen LogP contribution in [0.1, 0.15) is 24.2 Å². The maximum atomic E-state index is 9.96. The molecule has 3 rings (SSSR count). The van der Waals surface area contributed by atoms with Crippen molar-refractivity contribution >= 4 is 17.1 Å². The lowest BCUT2D eigenvalue weighted by Gasteiger charge is -2.24. The Kier molecular flexibility index (Phi) is 5.36. The van der Waals surface area contributed by atoms with Crippen molar-refractivity contribution in [2.75, 3.05) is 17.3 Å². The fourth-order valence-corrected chi connectivity index (χ4v) is 2.93. The Hall–Kier alpha value is -2.78. The molecule has 0 aliphatic rings. The Bertz CT molecular complexity index is 798. The van der Waals surface area contributed by atoms with Crippen LogP contribution >= 0.6 is 0 Å². The third kappa shape index (κ3) is 4.40. The summed E-state index contributed by atoms with van der Waals surface area (Å²) in [6.07, 6.45) is -0.476. The second kappa shape index (κ2) is 7.86. The van der Waals surface area contributed by atoms with Crippen LogP contribution in [0.4, 0.5) is 17.1 Å². The second-order valence-electron chi connectivity index (χ2n) is 6.28. The highest BCUT2D eigenvalue weighted by atomic mass is 16.3. The van der Waals surface area contributed by atoms with Crippen LogP contribution in [0.5, 0.6) is 0 Å². The van der Waals surface area contributed by atoms with E-state index in [0.29, 0.717) is 0 Å². The zero-order valence-corrected chi connectivity index (χ0v) is 14.7. The predicted molar refractivity (Wildman–Crippen MR) is 105 cm³/mol. The van der Waals surface area contributed by atoms with Gasteiger partial charge in [-0.1, -0.05) is 48.5 Å². The molecule has 1 unspecified atom stereocenters. The van der Waals surface area contributed by atoms with Gasteiger partial charge in [0, 0.05) is 36.2 Å². The van der Waals surface area contributed by atoms with Crippen LogP contribution < -0.4 is 10.2 Å². The number of rotatable bonds is 6. The number of aliphatic hydroxyl groups excluding tert-OH is 1. The highest BCUT2D eigenvalue weighted by molar-refractivity contribution is 5.60. The molecule has 3 nitrogen and oxygen atoms in total. The first-order valence-corrected chi connectivity index (χ1v) is 8.52. The molecule has 0 spiro atoms. The molecule has 0 aliphatic heterocycles. The lowest BCUT2D eigenvalue weighted by molar-refractivity contribution is 0.199. The van der Waals surface area contributed by atoms with Gasteiger partial charge >= 0.3 is 0 Å². The lowest BCUT2D eigenvalue weighted by Crippen LogP contribution is -2.18. The molecule has 3 heteroatoms. The van der Waals surface area contributed by atoms with Crippen LogP contribution in [0.15, 0.2) is 78.9 Å². The van der Waals surface area contributed by atoms with Crippen molar-refractivity contribution < 1.29 is 5.11 Å². The zero-order chi connectivity index (χ0) is 17.6. The van der Waals surface area contributed by atoms with Crippen molar-refractivity contribution in [2.45, 2.75) is 19.6 Å². The van der Waals surface area contributed by atoms with Crippen molar-refractivity contribution in [3.63, 3.8) is 0 Å². The van der Waals surface area contributed by atoms with E-state index >= 15 is 0 Å². The van der Waals surface area contributed by atoms with Gasteiger partial charge in [-0.15, -0.1) is 0 Å². The Balaban J connectivity index is 1.69. The first-order valence-electron chi connectivity index (χ1n) is 8.52. The number of nitrogens with zero attached hydrogens (tertiary/aromatic N) is 1. The summed E-state index contributed by atoms with van der Waals surface area (Å²) in [7, 11) is 2.05. The summed E-state index contributed by atoms with van der Waals surface area (Å²) in [5.41, 5.74) is 5.39. The van der Waals surface area contributed by atoms with Crippen LogP contribution in [-0.2, 0) is 6.54 Å². The molecule has 0 saturated heterocycles. The maximum Gasteiger partial charge on any atom is 0.0781 e. The standard InChI is InChI=1S/C22H24N2O/c1-17(25)21-10-6-7-11-22(21)24(2)16-18-12-14-20(15-13-18)23-19-8-4-3-5-9-19/h3-15,17,23,25H,16H2,1-2H3. The fourth-order valence-electron chi connectivity index (χ4n) is 2.93. The van der Waals surface area contributed by atoms with E-state index in [1.807, 2.05) is 42.5 Å². The number of benzene rings is 3. The summed E-state index contributed by atoms with van der Waals surface area (Å²) in [4.78, 5) is 2.17. The topological polar surface area (TPSA) is 35.5 Å². The van der Waals surface area contributed by atoms with E-state index in [4.69, 9.17) is 0 Å². The Morgan fingerprint density at radius 1 is 0.840 bits per heavy atom. The molecular formula is C22H24N2O. The monoisotopic (exact) mass is 332 g/mol. The minimum Gasteiger partial charge on any atom is -0.389 e. The van der Waals surface area contributed by atoms with Gasteiger partial charge in [-0.3, -0.25) is 0 Å². The number of hydrogen-bond acceptors (Lipinski definition) is 3. The smallest absolute Gasteiger partial charge is 0.0781 e. The molecule has 0 aliphatic carbocycles. The van der Waals surface area contributed by atoms with Crippen LogP contribution in [0, 0.1) is 0 Å². The van der Waals surface area contributed by atoms with Crippen molar-refractivity contribution in [1.29, 1.82) is 0 Å². The minimum atomic E-state index is -0.476. The van der Waals surface area contributed by atoms with Crippen molar-refractivity contribution in [3.8, 4) is 0 Å². The van der Waals surface area contributed by atoms with Gasteiger partial charge < -0.3 is 15.3 Å². The van der Waals surface area contributed by atoms with E-state index in [2.05, 4.69) is 53.7 Å². The molecule has 0 fully saturated rings. The van der Waals surface area contributed by atoms with Crippen LogP contribution in [0.2, 0.25) is 0 Å². The van der Waals surface area contributed by atoms with Crippen molar-refractivity contribution in [2.24, 2.45) is 0 Å². The van der Waals surface area contributed by atoms with E-state index in [1.54, 1.807) is 6.92 Å². The predicted octanol–water partition coefficient (Wildman–Crippen LogP) is 5.12. The van der Waals surface area contributed by atoms with Gasteiger partial charge in [0.2, 0.25) is 0 Å². The molecule has 3 aromatic rings. The fraction of sp³-hybridized carbons (Fsp3) is 0.182. The molecule has 1 atom stereocenters. The van der Waals surface area contributed by atoms with Gasteiger partial charge in [-0.2, -0.15) is 0 Å². The average molecular weight is 332 g/mol. The van der Waals surface area contributed by atoms with E-state index in [9.17, 15) is 5.11 Å². The van der Waals surface area contributed by atoms with E-state index < -0.39 is 6.10 Å². The summed E-state index contributed by atoms with van der Waals surface area (Å²) in [6, 6.07) is 26.6. The summed E-state index contributed by atoms with van der Waals surface area (Å²) >= 11 is 0. The first kappa shape index (κ1) is 17.1. The first-order chi connectivity index (χ1) is 12.1. The maximum absolute atomic E-state index is 9.96. The molecule has 0 radical (unpaired) electrons. The third-order valence-electron chi connectivity index (χ3n) is 4.23. The van der Waals surface area contributed by atoms with Gasteiger partial charge in [0.15, 0.2) is 0 Å². The number of hydrogen-bond donors (Lipinski definition) is 2. The molecular weight excluding hydrogens is 308 g/mol. The van der Waals surface area contributed by atoms with Gasteiger partial charge in [-0.05, 0) is 42.8 Å². The SMILES string of the molecule is CC(O)c1ccccc1N(C)Cc1ccc(Nc2ccccc2)cc1. The van der Waals surface area contributed by atoms with Gasteiger partial charge in [-0.25, -0.2) is 0 Å². The van der Waals surface area contributed by atoms with E-state index in [0.717, 1.165) is 29.2 Å². The molecule has 0 aromatic heterocycles. The molecule has 0 bridgehead atoms. The van der Waals surface area contributed by atoms with Crippen LogP contribution in [0.25, 0.3) is 0 Å². The van der Waals surface area contributed by atoms with Crippen molar-refractivity contribution in [3.05, 3.63) is 90.0 Å². The molecule has 0 heterocycles. The van der Waals surface area contributed by atoms with Gasteiger partial charge in [0.1, 0.15) is 0 Å². The van der Waals surface area contributed by atoms with E-state index in [-0.39, 0.29) is 0 Å². The zero-order valence-electron chi connectivity index (χ0n) is 14.7. The quantitative estimate of drug-likeness (QED) is 0.657. The summed E-state index contributed by atoms with van der Waals surface area (Å²) in [6.45, 7) is 2.59. The van der Waals surface area contributed by atoms with Crippen LogP contribution in [-0.4, -0.2) is 12.2 Å². The Labute approximate surface area is 149 Å². The second-order valence-corrected chi connectivity index (χ2v) is 6.28. The summed E-state index contributed by atoms with van der Waals surface area (Å²) < 4.78 is 0. The number of nitrogens with one attached hydrogen (secondary N) is 1. The normalized spacial score (nSPS) is 11.8. The van der Waals surface area contributed by atoms with E-state index in [1.165, 1.54) is 5.56 Å². The Morgan fingerprint density at radius 2 is 1.44 bits per heavy atom. The molecule has 0 amide bonds. The number of para-hydroxylation sites is 2. The highest BCUT2D eigenvalue weighted by Gasteiger charge is 2.11. The number of anilines is 3. The van der Waals surface area contributed by atoms with Crippen LogP contribution in [0.3, 0.4) is 0 Å². The lowest BCUT2D eigenvalue weighted by atomic mass is 10.1. The highest BCUT2D eigenvalue weighted by Crippen LogP contribution is 2.26. The molecule has 128 valence electrons.